The van der Waals surface area contributed by atoms with Gasteiger partial charge in [-0.1, -0.05) is 13.8 Å². The number of carbonyl (C=O) groups excluding carboxylic acids is 2. The monoisotopic (exact) mass is 352 g/mol. The fourth-order valence-electron chi connectivity index (χ4n) is 4.24. The summed E-state index contributed by atoms with van der Waals surface area (Å²) in [6.07, 6.45) is 2.17. The van der Waals surface area contributed by atoms with Crippen molar-refractivity contribution in [3.8, 4) is 0 Å². The van der Waals surface area contributed by atoms with Gasteiger partial charge in [0.25, 0.3) is 5.91 Å². The van der Waals surface area contributed by atoms with Crippen molar-refractivity contribution in [2.45, 2.75) is 65.2 Å². The average molecular weight is 352 g/mol. The van der Waals surface area contributed by atoms with Gasteiger partial charge in [-0.25, -0.2) is 8.78 Å². The molecule has 1 atom stereocenters. The van der Waals surface area contributed by atoms with Gasteiger partial charge < -0.3 is 10.3 Å². The lowest BCUT2D eigenvalue weighted by atomic mass is 9.75. The molecule has 1 saturated carbocycles. The van der Waals surface area contributed by atoms with Crippen molar-refractivity contribution >= 4 is 11.7 Å². The van der Waals surface area contributed by atoms with Gasteiger partial charge in [0, 0.05) is 37.1 Å². The van der Waals surface area contributed by atoms with Crippen LogP contribution in [-0.2, 0) is 6.42 Å². The molecule has 3 rings (SSSR count). The minimum Gasteiger partial charge on any atom is -0.354 e. The van der Waals surface area contributed by atoms with Gasteiger partial charge in [0.05, 0.1) is 0 Å². The normalized spacial score (nSPS) is 24.7. The molecule has 0 bridgehead atoms. The van der Waals surface area contributed by atoms with Crippen LogP contribution in [-0.4, -0.2) is 29.1 Å². The molecule has 138 valence electrons. The Morgan fingerprint density at radius 2 is 2.04 bits per heavy atom. The standard InChI is InChI=1S/C19H26F2N2O2/c1-11-15-13(8-18(2,3)9-14(15)24)23-16(11)17(25)22-10-12-5-4-6-19(20,21)7-12/h12,23H,4-10H2,1-3H3,(H,22,25)/t12-/m0/s1. The Kier molecular flexibility index (Phi) is 4.50. The molecule has 0 aliphatic heterocycles. The number of rotatable bonds is 3. The summed E-state index contributed by atoms with van der Waals surface area (Å²) >= 11 is 0. The summed E-state index contributed by atoms with van der Waals surface area (Å²) in [6.45, 7) is 6.09. The van der Waals surface area contributed by atoms with Crippen molar-refractivity contribution in [3.05, 3.63) is 22.5 Å². The lowest BCUT2D eigenvalue weighted by Crippen LogP contribution is -2.35. The van der Waals surface area contributed by atoms with E-state index in [0.29, 0.717) is 36.1 Å². The van der Waals surface area contributed by atoms with E-state index in [9.17, 15) is 18.4 Å². The number of nitrogens with one attached hydrogen (secondary N) is 2. The zero-order chi connectivity index (χ0) is 18.4. The quantitative estimate of drug-likeness (QED) is 0.863. The maximum atomic E-state index is 13.5. The Labute approximate surface area is 146 Å². The van der Waals surface area contributed by atoms with Gasteiger partial charge in [0.1, 0.15) is 5.69 Å². The first-order chi connectivity index (χ1) is 11.6. The average Bonchev–Trinajstić information content (AvgIpc) is 2.79. The lowest BCUT2D eigenvalue weighted by molar-refractivity contribution is -0.0518. The molecule has 1 amide bonds. The highest BCUT2D eigenvalue weighted by Gasteiger charge is 2.37. The minimum absolute atomic E-state index is 0.0577. The summed E-state index contributed by atoms with van der Waals surface area (Å²) in [5.74, 6) is -3.07. The number of carbonyl (C=O) groups is 2. The van der Waals surface area contributed by atoms with Crippen LogP contribution in [0.15, 0.2) is 0 Å². The summed E-state index contributed by atoms with van der Waals surface area (Å²) in [5, 5.41) is 2.78. The van der Waals surface area contributed by atoms with Gasteiger partial charge in [-0.3, -0.25) is 9.59 Å². The number of hydrogen-bond donors (Lipinski definition) is 2. The number of aromatic amines is 1. The van der Waals surface area contributed by atoms with E-state index < -0.39 is 5.92 Å². The molecule has 2 aliphatic rings. The molecule has 6 heteroatoms. The molecular formula is C19H26F2N2O2. The maximum Gasteiger partial charge on any atom is 0.268 e. The third kappa shape index (κ3) is 3.77. The van der Waals surface area contributed by atoms with Crippen molar-refractivity contribution < 1.29 is 18.4 Å². The van der Waals surface area contributed by atoms with Crippen LogP contribution in [0.4, 0.5) is 8.78 Å². The first-order valence-corrected chi connectivity index (χ1v) is 8.99. The SMILES string of the molecule is Cc1c(C(=O)NC[C@H]2CCCC(F)(F)C2)[nH]c2c1C(=O)CC(C)(C)C2. The zero-order valence-corrected chi connectivity index (χ0v) is 15.1. The Morgan fingerprint density at radius 1 is 1.32 bits per heavy atom. The Morgan fingerprint density at radius 3 is 2.72 bits per heavy atom. The van der Waals surface area contributed by atoms with Crippen LogP contribution in [0.5, 0.6) is 0 Å². The van der Waals surface area contributed by atoms with Gasteiger partial charge in [-0.2, -0.15) is 0 Å². The number of aromatic nitrogens is 1. The second-order valence-electron chi connectivity index (χ2n) is 8.45. The molecule has 1 fully saturated rings. The third-order valence-corrected chi connectivity index (χ3v) is 5.42. The third-order valence-electron chi connectivity index (χ3n) is 5.42. The van der Waals surface area contributed by atoms with Gasteiger partial charge >= 0.3 is 0 Å². The van der Waals surface area contributed by atoms with Crippen LogP contribution < -0.4 is 5.32 Å². The zero-order valence-electron chi connectivity index (χ0n) is 15.1. The number of Topliss-reactive ketones (excluding diaryl/α,β-unsaturated/α-hetero) is 1. The van der Waals surface area contributed by atoms with Crippen LogP contribution >= 0.6 is 0 Å². The first kappa shape index (κ1) is 18.1. The Balaban J connectivity index is 1.70. The van der Waals surface area contributed by atoms with E-state index in [-0.39, 0.29) is 42.4 Å². The number of H-pyrrole nitrogens is 1. The molecule has 0 unspecified atom stereocenters. The van der Waals surface area contributed by atoms with E-state index in [1.165, 1.54) is 0 Å². The molecule has 0 radical (unpaired) electrons. The van der Waals surface area contributed by atoms with Gasteiger partial charge in [0.2, 0.25) is 5.92 Å². The molecule has 1 aromatic heterocycles. The lowest BCUT2D eigenvalue weighted by Gasteiger charge is -2.28. The summed E-state index contributed by atoms with van der Waals surface area (Å²) < 4.78 is 27.0. The number of alkyl halides is 2. The highest BCUT2D eigenvalue weighted by atomic mass is 19.3. The molecule has 0 spiro atoms. The van der Waals surface area contributed by atoms with E-state index >= 15 is 0 Å². The number of fused-ring (bicyclic) bond motifs is 1. The first-order valence-electron chi connectivity index (χ1n) is 8.99. The highest BCUT2D eigenvalue weighted by Crippen LogP contribution is 2.37. The maximum absolute atomic E-state index is 13.5. The van der Waals surface area contributed by atoms with E-state index in [0.717, 1.165) is 12.1 Å². The second kappa shape index (κ2) is 6.22. The van der Waals surface area contributed by atoms with E-state index in [2.05, 4.69) is 10.3 Å². The number of amides is 1. The summed E-state index contributed by atoms with van der Waals surface area (Å²) in [6, 6.07) is 0. The van der Waals surface area contributed by atoms with E-state index in [1.807, 2.05) is 13.8 Å². The van der Waals surface area contributed by atoms with Crippen molar-refractivity contribution in [1.82, 2.24) is 10.3 Å². The number of halogens is 2. The van der Waals surface area contributed by atoms with Crippen molar-refractivity contribution in [2.24, 2.45) is 11.3 Å². The summed E-state index contributed by atoms with van der Waals surface area (Å²) in [7, 11) is 0. The molecule has 4 nitrogen and oxygen atoms in total. The summed E-state index contributed by atoms with van der Waals surface area (Å²) in [4.78, 5) is 28.0. The van der Waals surface area contributed by atoms with Crippen LogP contribution in [0.3, 0.4) is 0 Å². The van der Waals surface area contributed by atoms with Crippen LogP contribution in [0.1, 0.15) is 78.1 Å². The van der Waals surface area contributed by atoms with Crippen molar-refractivity contribution in [1.29, 1.82) is 0 Å². The topological polar surface area (TPSA) is 62.0 Å². The van der Waals surface area contributed by atoms with Crippen LogP contribution in [0.25, 0.3) is 0 Å². The number of hydrogen-bond acceptors (Lipinski definition) is 2. The van der Waals surface area contributed by atoms with Crippen LogP contribution in [0.2, 0.25) is 0 Å². The fraction of sp³-hybridized carbons (Fsp3) is 0.684. The molecule has 1 aromatic rings. The second-order valence-corrected chi connectivity index (χ2v) is 8.45. The molecule has 1 heterocycles. The molecule has 0 aromatic carbocycles. The smallest absolute Gasteiger partial charge is 0.268 e. The molecule has 2 N–H and O–H groups in total. The number of ketones is 1. The van der Waals surface area contributed by atoms with E-state index in [4.69, 9.17) is 0 Å². The molecule has 25 heavy (non-hydrogen) atoms. The van der Waals surface area contributed by atoms with Crippen molar-refractivity contribution in [3.63, 3.8) is 0 Å². The minimum atomic E-state index is -2.62. The van der Waals surface area contributed by atoms with Crippen LogP contribution in [0, 0.1) is 18.3 Å². The Bertz CT molecular complexity index is 707. The fourth-order valence-corrected chi connectivity index (χ4v) is 4.24. The van der Waals surface area contributed by atoms with Crippen molar-refractivity contribution in [2.75, 3.05) is 6.54 Å². The van der Waals surface area contributed by atoms with Gasteiger partial charge in [-0.15, -0.1) is 0 Å². The van der Waals surface area contributed by atoms with Gasteiger partial charge in [-0.05, 0) is 43.1 Å². The summed E-state index contributed by atoms with van der Waals surface area (Å²) in [5.41, 5.74) is 2.38. The predicted molar refractivity (Wildman–Crippen MR) is 91.2 cm³/mol. The highest BCUT2D eigenvalue weighted by molar-refractivity contribution is 6.04. The molecular weight excluding hydrogens is 326 g/mol. The van der Waals surface area contributed by atoms with E-state index in [1.54, 1.807) is 6.92 Å². The largest absolute Gasteiger partial charge is 0.354 e. The molecule has 0 saturated heterocycles. The molecule has 2 aliphatic carbocycles. The van der Waals surface area contributed by atoms with Gasteiger partial charge in [0.15, 0.2) is 5.78 Å². The predicted octanol–water partition coefficient (Wildman–Crippen LogP) is 4.03. The Hall–Kier alpha value is -1.72.